The van der Waals surface area contributed by atoms with Gasteiger partial charge in [-0.3, -0.25) is 19.2 Å². The molecule has 3 amide bonds. The number of hydrogen-bond acceptors (Lipinski definition) is 8. The van der Waals surface area contributed by atoms with Crippen LogP contribution in [-0.2, 0) is 30.4 Å². The Hall–Kier alpha value is -3.52. The lowest BCUT2D eigenvalue weighted by Gasteiger charge is -2.23. The van der Waals surface area contributed by atoms with Gasteiger partial charge in [-0.1, -0.05) is 0 Å². The summed E-state index contributed by atoms with van der Waals surface area (Å²) < 4.78 is 0. The second kappa shape index (κ2) is 11.5. The summed E-state index contributed by atoms with van der Waals surface area (Å²) >= 11 is 0. The van der Waals surface area contributed by atoms with Crippen LogP contribution in [0.5, 0.6) is 0 Å². The van der Waals surface area contributed by atoms with E-state index in [2.05, 4.69) is 25.9 Å². The van der Waals surface area contributed by atoms with Crippen LogP contribution in [0.2, 0.25) is 0 Å². The first-order chi connectivity index (χ1) is 14.0. The Morgan fingerprint density at radius 2 is 1.60 bits per heavy atom. The van der Waals surface area contributed by atoms with E-state index < -0.39 is 66.9 Å². The standard InChI is InChI=1S/C16H24N6O8/c1-7(17)13(26)22-11(5-23)15(28)20-9(3-12(24)25)14(27)21-10(16(29)30)2-8-4-18-6-19-8/h4,6-7,9-11,23H,2-3,5,17H2,1H3,(H,18,19)(H,20,28)(H,21,27)(H,22,26)(H,24,25)(H,29,30). The van der Waals surface area contributed by atoms with E-state index in [0.717, 1.165) is 0 Å². The van der Waals surface area contributed by atoms with E-state index in [-0.39, 0.29) is 6.42 Å². The number of nitrogens with zero attached hydrogens (tertiary/aromatic N) is 1. The molecule has 0 fully saturated rings. The number of aliphatic carboxylic acids is 2. The lowest BCUT2D eigenvalue weighted by molar-refractivity contribution is -0.143. The van der Waals surface area contributed by atoms with E-state index in [1.54, 1.807) is 0 Å². The Bertz CT molecular complexity index is 766. The Balaban J connectivity index is 2.88. The first-order valence-electron chi connectivity index (χ1n) is 8.74. The maximum absolute atomic E-state index is 12.5. The van der Waals surface area contributed by atoms with Crippen molar-refractivity contribution in [2.45, 2.75) is 43.9 Å². The topological polar surface area (TPSA) is 237 Å². The van der Waals surface area contributed by atoms with Crippen LogP contribution >= 0.6 is 0 Å². The zero-order chi connectivity index (χ0) is 22.8. The number of aliphatic hydroxyl groups is 1. The van der Waals surface area contributed by atoms with Gasteiger partial charge in [0, 0.05) is 18.3 Å². The third-order valence-electron chi connectivity index (χ3n) is 3.83. The number of carboxylic acid groups (broad SMARTS) is 2. The average molecular weight is 428 g/mol. The minimum atomic E-state index is -1.67. The monoisotopic (exact) mass is 428 g/mol. The molecule has 1 aromatic rings. The van der Waals surface area contributed by atoms with Crippen LogP contribution in [0.1, 0.15) is 19.0 Å². The number of imidazole rings is 1. The molecule has 14 nitrogen and oxygen atoms in total. The van der Waals surface area contributed by atoms with Crippen molar-refractivity contribution in [2.24, 2.45) is 5.73 Å². The minimum absolute atomic E-state index is 0.168. The Kier molecular flexibility index (Phi) is 9.38. The summed E-state index contributed by atoms with van der Waals surface area (Å²) in [5, 5.41) is 34.0. The summed E-state index contributed by atoms with van der Waals surface area (Å²) in [5.41, 5.74) is 5.77. The average Bonchev–Trinajstić information content (AvgIpc) is 3.17. The van der Waals surface area contributed by atoms with E-state index in [0.29, 0.717) is 5.69 Å². The summed E-state index contributed by atoms with van der Waals surface area (Å²) in [4.78, 5) is 65.2. The van der Waals surface area contributed by atoms with Gasteiger partial charge in [0.1, 0.15) is 18.1 Å². The number of carbonyl (C=O) groups is 5. The molecule has 0 spiro atoms. The van der Waals surface area contributed by atoms with Gasteiger partial charge in [0.25, 0.3) is 0 Å². The first kappa shape index (κ1) is 24.5. The number of hydrogen-bond donors (Lipinski definition) is 8. The van der Waals surface area contributed by atoms with Crippen LogP contribution in [0, 0.1) is 0 Å². The smallest absolute Gasteiger partial charge is 0.326 e. The lowest BCUT2D eigenvalue weighted by atomic mass is 10.1. The number of aliphatic hydroxyl groups excluding tert-OH is 1. The number of rotatable bonds is 12. The Morgan fingerprint density at radius 1 is 1.03 bits per heavy atom. The van der Waals surface area contributed by atoms with Gasteiger partial charge in [-0.15, -0.1) is 0 Å². The van der Waals surface area contributed by atoms with E-state index in [1.165, 1.54) is 19.4 Å². The number of amides is 3. The molecule has 0 aliphatic carbocycles. The molecule has 1 rings (SSSR count). The van der Waals surface area contributed by atoms with Crippen LogP contribution in [0.4, 0.5) is 0 Å². The normalized spacial score (nSPS) is 14.6. The third kappa shape index (κ3) is 7.84. The quantitative estimate of drug-likeness (QED) is 0.162. The minimum Gasteiger partial charge on any atom is -0.481 e. The molecule has 1 heterocycles. The van der Waals surface area contributed by atoms with E-state index >= 15 is 0 Å². The largest absolute Gasteiger partial charge is 0.481 e. The highest BCUT2D eigenvalue weighted by molar-refractivity contribution is 5.95. The molecule has 1 aromatic heterocycles. The number of nitrogens with two attached hydrogens (primary N) is 1. The van der Waals surface area contributed by atoms with Gasteiger partial charge in [0.05, 0.1) is 25.4 Å². The van der Waals surface area contributed by atoms with E-state index in [9.17, 15) is 34.2 Å². The number of aromatic nitrogens is 2. The Morgan fingerprint density at radius 3 is 2.07 bits per heavy atom. The fourth-order valence-corrected chi connectivity index (χ4v) is 2.24. The van der Waals surface area contributed by atoms with Crippen LogP contribution in [0.15, 0.2) is 12.5 Å². The van der Waals surface area contributed by atoms with Crippen LogP contribution in [0.25, 0.3) is 0 Å². The van der Waals surface area contributed by atoms with E-state index in [1.807, 2.05) is 0 Å². The van der Waals surface area contributed by atoms with Gasteiger partial charge in [-0.05, 0) is 6.92 Å². The molecule has 0 bridgehead atoms. The summed E-state index contributed by atoms with van der Waals surface area (Å²) in [6.07, 6.45) is 1.63. The molecule has 0 radical (unpaired) electrons. The van der Waals surface area contributed by atoms with Crippen LogP contribution < -0.4 is 21.7 Å². The molecule has 0 aliphatic rings. The molecule has 9 N–H and O–H groups in total. The molecule has 4 atom stereocenters. The molecule has 0 aromatic carbocycles. The highest BCUT2D eigenvalue weighted by Crippen LogP contribution is 2.02. The number of nitrogens with one attached hydrogen (secondary N) is 4. The van der Waals surface area contributed by atoms with E-state index in [4.69, 9.17) is 10.8 Å². The molecule has 14 heteroatoms. The van der Waals surface area contributed by atoms with Crippen molar-refractivity contribution in [3.05, 3.63) is 18.2 Å². The second-order valence-corrected chi connectivity index (χ2v) is 6.37. The highest BCUT2D eigenvalue weighted by Gasteiger charge is 2.31. The molecular formula is C16H24N6O8. The van der Waals surface area contributed by atoms with Gasteiger partial charge in [-0.25, -0.2) is 9.78 Å². The number of carbonyl (C=O) groups excluding carboxylic acids is 3. The maximum Gasteiger partial charge on any atom is 0.326 e. The zero-order valence-corrected chi connectivity index (χ0v) is 16.0. The third-order valence-corrected chi connectivity index (χ3v) is 3.83. The van der Waals surface area contributed by atoms with Crippen molar-refractivity contribution in [3.63, 3.8) is 0 Å². The molecule has 0 aliphatic heterocycles. The number of H-pyrrole nitrogens is 1. The van der Waals surface area contributed by atoms with Gasteiger partial charge in [-0.2, -0.15) is 0 Å². The number of carboxylic acids is 2. The lowest BCUT2D eigenvalue weighted by Crippen LogP contribution is -2.58. The second-order valence-electron chi connectivity index (χ2n) is 6.37. The van der Waals surface area contributed by atoms with Crippen molar-refractivity contribution < 1.29 is 39.3 Å². The highest BCUT2D eigenvalue weighted by atomic mass is 16.4. The number of aromatic amines is 1. The summed E-state index contributed by atoms with van der Waals surface area (Å²) in [5.74, 6) is -5.72. The summed E-state index contributed by atoms with van der Waals surface area (Å²) in [7, 11) is 0. The molecule has 4 unspecified atom stereocenters. The van der Waals surface area contributed by atoms with Crippen molar-refractivity contribution >= 4 is 29.7 Å². The predicted octanol–water partition coefficient (Wildman–Crippen LogP) is -3.69. The van der Waals surface area contributed by atoms with Crippen molar-refractivity contribution in [2.75, 3.05) is 6.61 Å². The van der Waals surface area contributed by atoms with Gasteiger partial charge >= 0.3 is 11.9 Å². The van der Waals surface area contributed by atoms with Crippen LogP contribution in [0.3, 0.4) is 0 Å². The predicted molar refractivity (Wildman–Crippen MR) is 98.7 cm³/mol. The van der Waals surface area contributed by atoms with Gasteiger partial charge in [0.2, 0.25) is 17.7 Å². The summed E-state index contributed by atoms with van der Waals surface area (Å²) in [6.45, 7) is 0.497. The molecular weight excluding hydrogens is 404 g/mol. The van der Waals surface area contributed by atoms with Crippen molar-refractivity contribution in [3.8, 4) is 0 Å². The zero-order valence-electron chi connectivity index (χ0n) is 16.0. The fourth-order valence-electron chi connectivity index (χ4n) is 2.24. The SMILES string of the molecule is CC(N)C(=O)NC(CO)C(=O)NC(CC(=O)O)C(=O)NC(Cc1cnc[nH]1)C(=O)O. The Labute approximate surface area is 170 Å². The molecule has 166 valence electrons. The molecule has 30 heavy (non-hydrogen) atoms. The molecule has 0 saturated carbocycles. The fraction of sp³-hybridized carbons (Fsp3) is 0.500. The van der Waals surface area contributed by atoms with Gasteiger partial charge < -0.3 is 42.0 Å². The summed E-state index contributed by atoms with van der Waals surface area (Å²) in [6, 6.07) is -5.57. The van der Waals surface area contributed by atoms with Crippen LogP contribution in [-0.4, -0.2) is 85.7 Å². The van der Waals surface area contributed by atoms with Crippen molar-refractivity contribution in [1.29, 1.82) is 0 Å². The molecule has 0 saturated heterocycles. The maximum atomic E-state index is 12.5. The first-order valence-corrected chi connectivity index (χ1v) is 8.74. The van der Waals surface area contributed by atoms with Gasteiger partial charge in [0.15, 0.2) is 0 Å². The van der Waals surface area contributed by atoms with Crippen molar-refractivity contribution in [1.82, 2.24) is 25.9 Å².